The van der Waals surface area contributed by atoms with Crippen LogP contribution in [0.15, 0.2) is 42.0 Å². The molecule has 8 unspecified atom stereocenters. The molecule has 3 fully saturated rings. The Balaban J connectivity index is 0.00000128. The molecule has 8 heteroatoms. The summed E-state index contributed by atoms with van der Waals surface area (Å²) in [6, 6.07) is 9.85. The molecular weight excluding hydrogens is 1040 g/mol. The lowest BCUT2D eigenvalue weighted by atomic mass is 9.47. The largest absolute Gasteiger partial charge is 0.469 e. The van der Waals surface area contributed by atoms with Gasteiger partial charge in [-0.1, -0.05) is 232 Å². The fraction of sp³-hybridized carbons (Fsp3) is 0.842. The van der Waals surface area contributed by atoms with Crippen LogP contribution in [0, 0.1) is 117 Å². The smallest absolute Gasteiger partial charge is 0.309 e. The molecule has 0 saturated heterocycles. The van der Waals surface area contributed by atoms with Crippen molar-refractivity contribution in [3.8, 4) is 0 Å². The maximum Gasteiger partial charge on any atom is 0.309 e. The molecule has 16 atom stereocenters. The molecule has 3 saturated carbocycles. The normalized spacial score (nSPS) is 25.9. The molecule has 8 nitrogen and oxygen atoms in total. The number of methoxy groups -OCH3 is 2. The summed E-state index contributed by atoms with van der Waals surface area (Å²) in [6.07, 6.45) is 25.1. The summed E-state index contributed by atoms with van der Waals surface area (Å²) >= 11 is 0. The van der Waals surface area contributed by atoms with E-state index in [-0.39, 0.29) is 56.5 Å². The van der Waals surface area contributed by atoms with E-state index in [0.717, 1.165) is 105 Å². The fourth-order valence-corrected chi connectivity index (χ4v) is 15.6. The number of carbonyl (C=O) groups excluding carboxylic acids is 4. The molecule has 0 aromatic heterocycles. The molecule has 0 amide bonds. The predicted molar refractivity (Wildman–Crippen MR) is 357 cm³/mol. The first-order valence-corrected chi connectivity index (χ1v) is 34.8. The van der Waals surface area contributed by atoms with Gasteiger partial charge in [-0.25, -0.2) is 0 Å². The van der Waals surface area contributed by atoms with Gasteiger partial charge < -0.3 is 18.9 Å². The molecule has 0 aliphatic heterocycles. The molecule has 0 spiro atoms. The Morgan fingerprint density at radius 1 is 0.536 bits per heavy atom. The first kappa shape index (κ1) is 76.9. The molecule has 84 heavy (non-hydrogen) atoms. The lowest BCUT2D eigenvalue weighted by Crippen LogP contribution is -2.51. The minimum atomic E-state index is -0.0527. The van der Waals surface area contributed by atoms with Crippen LogP contribution in [0.3, 0.4) is 0 Å². The summed E-state index contributed by atoms with van der Waals surface area (Å²) in [5.74, 6) is 9.17. The number of hydrogen-bond donors (Lipinski definition) is 0. The van der Waals surface area contributed by atoms with Gasteiger partial charge in [-0.3, -0.25) is 19.2 Å². The standard InChI is InChI=1S/C37H64O2.C17H26O2.2C11H22O2.2H2/c1-10-26(6)31(22-25(4)5)35(38)39-29-18-20-36(8)28(23-29)14-15-30-33-17-16-32(27(7)13-11-12-24(2)3)37(33,9)21-19-34(30)36;1-5-14(4)16(11-13(2)3)17(18)19-12-15-9-7-6-8-10-15;2*1-6-9(4)10(7-8(2)3)11(12)13-5;;/h14,24-27,29-34H,10-13,15-23H2,1-9H3;6-10,13-14,16H,5,11-12H2,1-4H3;2*8-10H,6-7H2,1-5H3;2*1H/t26?,27-,29+,30+,31?,32-,33+,34+,36+,37-;;;;;/m1...../s1. The van der Waals surface area contributed by atoms with Gasteiger partial charge in [0.2, 0.25) is 0 Å². The first-order valence-electron chi connectivity index (χ1n) is 34.8. The Morgan fingerprint density at radius 2 is 0.988 bits per heavy atom. The second-order valence-electron chi connectivity index (χ2n) is 30.2. The highest BCUT2D eigenvalue weighted by Crippen LogP contribution is 2.67. The fourth-order valence-electron chi connectivity index (χ4n) is 15.6. The van der Waals surface area contributed by atoms with Crippen LogP contribution in [0.4, 0.5) is 0 Å². The number of ether oxygens (including phenoxy) is 4. The highest BCUT2D eigenvalue weighted by atomic mass is 16.5. The predicted octanol–water partition coefficient (Wildman–Crippen LogP) is 21.3. The molecule has 5 rings (SSSR count). The van der Waals surface area contributed by atoms with Crippen LogP contribution in [0.25, 0.3) is 0 Å². The average molecular weight is 1180 g/mol. The first-order chi connectivity index (χ1) is 39.5. The lowest BCUT2D eigenvalue weighted by molar-refractivity contribution is -0.159. The van der Waals surface area contributed by atoms with Gasteiger partial charge in [0.25, 0.3) is 0 Å². The van der Waals surface area contributed by atoms with Crippen molar-refractivity contribution < 1.29 is 41.0 Å². The van der Waals surface area contributed by atoms with Crippen molar-refractivity contribution in [2.75, 3.05) is 14.2 Å². The minimum Gasteiger partial charge on any atom is -0.469 e. The third-order valence-electron chi connectivity index (χ3n) is 21.6. The topological polar surface area (TPSA) is 105 Å². The van der Waals surface area contributed by atoms with Crippen molar-refractivity contribution >= 4 is 23.9 Å². The van der Waals surface area contributed by atoms with Gasteiger partial charge in [0.05, 0.1) is 37.9 Å². The van der Waals surface area contributed by atoms with E-state index >= 15 is 0 Å². The van der Waals surface area contributed by atoms with Crippen LogP contribution >= 0.6 is 0 Å². The zero-order valence-corrected chi connectivity index (χ0v) is 58.8. The van der Waals surface area contributed by atoms with Gasteiger partial charge in [0, 0.05) is 9.27 Å². The number of rotatable bonds is 28. The number of esters is 4. The highest BCUT2D eigenvalue weighted by molar-refractivity contribution is 5.74. The Kier molecular flexibility index (Phi) is 35.1. The zero-order valence-electron chi connectivity index (χ0n) is 58.8. The van der Waals surface area contributed by atoms with Gasteiger partial charge in [0.15, 0.2) is 0 Å². The summed E-state index contributed by atoms with van der Waals surface area (Å²) in [5, 5.41) is 0. The molecule has 4 aliphatic rings. The quantitative estimate of drug-likeness (QED) is 0.0464. The van der Waals surface area contributed by atoms with Crippen molar-refractivity contribution in [3.05, 3.63) is 47.5 Å². The van der Waals surface area contributed by atoms with Crippen LogP contribution in [-0.2, 0) is 44.7 Å². The second-order valence-corrected chi connectivity index (χ2v) is 30.2. The van der Waals surface area contributed by atoms with Crippen molar-refractivity contribution in [3.63, 3.8) is 0 Å². The maximum atomic E-state index is 13.3. The summed E-state index contributed by atoms with van der Waals surface area (Å²) in [7, 11) is 2.94. The summed E-state index contributed by atoms with van der Waals surface area (Å²) in [4.78, 5) is 48.4. The molecular formula is C76H138O8. The van der Waals surface area contributed by atoms with Gasteiger partial charge in [-0.05, 0) is 170 Å². The molecule has 0 heterocycles. The van der Waals surface area contributed by atoms with E-state index < -0.39 is 0 Å². The number of benzene rings is 1. The zero-order chi connectivity index (χ0) is 63.6. The van der Waals surface area contributed by atoms with E-state index in [2.05, 4.69) is 151 Å². The van der Waals surface area contributed by atoms with Crippen LogP contribution in [0.1, 0.15) is 276 Å². The molecule has 0 bridgehead atoms. The Bertz CT molecular complexity index is 2020. The van der Waals surface area contributed by atoms with Gasteiger partial charge >= 0.3 is 23.9 Å². The van der Waals surface area contributed by atoms with Crippen LogP contribution in [0.2, 0.25) is 0 Å². The van der Waals surface area contributed by atoms with E-state index in [1.54, 1.807) is 5.57 Å². The summed E-state index contributed by atoms with van der Waals surface area (Å²) < 4.78 is 21.4. The lowest BCUT2D eigenvalue weighted by Gasteiger charge is -2.58. The number of allylic oxidation sites excluding steroid dienone is 1. The minimum absolute atomic E-state index is 0. The van der Waals surface area contributed by atoms with Gasteiger partial charge in [-0.15, -0.1) is 0 Å². The van der Waals surface area contributed by atoms with E-state index in [1.807, 2.05) is 30.3 Å². The van der Waals surface area contributed by atoms with Crippen LogP contribution in [0.5, 0.6) is 0 Å². The van der Waals surface area contributed by atoms with Gasteiger partial charge in [0.1, 0.15) is 12.7 Å². The van der Waals surface area contributed by atoms with E-state index in [9.17, 15) is 19.2 Å². The molecule has 490 valence electrons. The van der Waals surface area contributed by atoms with Crippen LogP contribution < -0.4 is 0 Å². The maximum absolute atomic E-state index is 13.3. The van der Waals surface area contributed by atoms with Crippen molar-refractivity contribution in [1.82, 2.24) is 0 Å². The monoisotopic (exact) mass is 1180 g/mol. The van der Waals surface area contributed by atoms with E-state index in [1.165, 1.54) is 72.0 Å². The average Bonchev–Trinajstić information content (AvgIpc) is 1.60. The third kappa shape index (κ3) is 23.7. The van der Waals surface area contributed by atoms with Crippen molar-refractivity contribution in [2.24, 2.45) is 117 Å². The molecule has 0 N–H and O–H groups in total. The van der Waals surface area contributed by atoms with Gasteiger partial charge in [-0.2, -0.15) is 0 Å². The Morgan fingerprint density at radius 3 is 1.42 bits per heavy atom. The summed E-state index contributed by atoms with van der Waals surface area (Å²) in [5.41, 5.74) is 3.55. The van der Waals surface area contributed by atoms with Crippen molar-refractivity contribution in [1.29, 1.82) is 0 Å². The highest BCUT2D eigenvalue weighted by Gasteiger charge is 2.59. The van der Waals surface area contributed by atoms with Crippen molar-refractivity contribution in [2.45, 2.75) is 280 Å². The molecule has 4 aliphatic carbocycles. The number of carbonyl (C=O) groups is 4. The second kappa shape index (κ2) is 38.3. The number of fused-ring (bicyclic) bond motifs is 5. The summed E-state index contributed by atoms with van der Waals surface area (Å²) in [6.45, 7) is 47.5. The van der Waals surface area contributed by atoms with Crippen LogP contribution in [-0.4, -0.2) is 44.2 Å². The Hall–Kier alpha value is -3.16. The molecule has 0 radical (unpaired) electrons. The molecule has 1 aromatic carbocycles. The third-order valence-corrected chi connectivity index (χ3v) is 21.6. The Labute approximate surface area is 521 Å². The SMILES string of the molecule is CCC(C)C(CC(C)C)C(=O)OC.CCC(C)C(CC(C)C)C(=O)OC.CCC(C)C(CC(C)C)C(=O)OCc1ccccc1.CCC(C)C(CC(C)C)C(=O)O[C@H]1CC[C@@]2(C)C(=CC[C@H]3[C@@H]4CC[C@H]([C@H](C)CCCC(C)C)[C@@]4(C)CC[C@@H]32)C1.[HH].[HH]. The van der Waals surface area contributed by atoms with E-state index in [0.29, 0.717) is 64.8 Å². The molecule has 1 aromatic rings. The number of hydrogen-bond acceptors (Lipinski definition) is 8. The van der Waals surface area contributed by atoms with E-state index in [4.69, 9.17) is 18.9 Å².